The lowest BCUT2D eigenvalue weighted by molar-refractivity contribution is -0.141. The number of thiophene rings is 1. The number of hydrogen-bond acceptors (Lipinski definition) is 5. The average Bonchev–Trinajstić information content (AvgIpc) is 3.42. The molecule has 0 N–H and O–H groups in total. The van der Waals surface area contributed by atoms with Crippen LogP contribution in [-0.2, 0) is 9.53 Å². The lowest BCUT2D eigenvalue weighted by atomic mass is 9.60. The summed E-state index contributed by atoms with van der Waals surface area (Å²) in [5, 5.41) is 3.88. The van der Waals surface area contributed by atoms with Crippen molar-refractivity contribution in [2.24, 2.45) is 10.8 Å². The van der Waals surface area contributed by atoms with E-state index >= 15 is 0 Å². The van der Waals surface area contributed by atoms with E-state index in [1.807, 2.05) is 26.6 Å². The van der Waals surface area contributed by atoms with E-state index in [1.54, 1.807) is 18.4 Å². The summed E-state index contributed by atoms with van der Waals surface area (Å²) >= 11 is 1.56. The van der Waals surface area contributed by atoms with E-state index in [1.165, 1.54) is 0 Å². The van der Waals surface area contributed by atoms with Gasteiger partial charge in [-0.1, -0.05) is 0 Å². The van der Waals surface area contributed by atoms with Crippen LogP contribution in [0.25, 0.3) is 0 Å². The number of methoxy groups -OCH3 is 1. The molecule has 3 fully saturated rings. The van der Waals surface area contributed by atoms with E-state index in [0.29, 0.717) is 12.5 Å². The number of hydrogen-bond donors (Lipinski definition) is 0. The minimum Gasteiger partial charge on any atom is -0.383 e. The summed E-state index contributed by atoms with van der Waals surface area (Å²) < 4.78 is 5.30. The first-order valence-electron chi connectivity index (χ1n) is 10.4. The van der Waals surface area contributed by atoms with Crippen LogP contribution in [0.3, 0.4) is 0 Å². The molecule has 1 aromatic rings. The van der Waals surface area contributed by atoms with Gasteiger partial charge < -0.3 is 14.5 Å². The quantitative estimate of drug-likeness (QED) is 0.753. The summed E-state index contributed by atoms with van der Waals surface area (Å²) in [5.74, 6) is 0.472. The maximum Gasteiger partial charge on any atom is 0.254 e. The van der Waals surface area contributed by atoms with Gasteiger partial charge in [0.25, 0.3) is 5.91 Å². The number of amides is 2. The van der Waals surface area contributed by atoms with Crippen LogP contribution in [0.5, 0.6) is 0 Å². The van der Waals surface area contributed by atoms with Crippen molar-refractivity contribution in [3.05, 3.63) is 22.4 Å². The van der Waals surface area contributed by atoms with Gasteiger partial charge in [0, 0.05) is 63.7 Å². The molecule has 1 atom stereocenters. The van der Waals surface area contributed by atoms with Gasteiger partial charge >= 0.3 is 0 Å². The van der Waals surface area contributed by atoms with E-state index < -0.39 is 0 Å². The van der Waals surface area contributed by atoms with Crippen molar-refractivity contribution in [1.82, 2.24) is 14.7 Å². The Balaban J connectivity index is 1.54. The van der Waals surface area contributed by atoms with E-state index in [4.69, 9.17) is 4.74 Å². The van der Waals surface area contributed by atoms with Gasteiger partial charge in [-0.25, -0.2) is 0 Å². The Bertz CT molecular complexity index is 714. The summed E-state index contributed by atoms with van der Waals surface area (Å²) in [6.07, 6.45) is 2.77. The van der Waals surface area contributed by atoms with Crippen molar-refractivity contribution in [3.63, 3.8) is 0 Å². The van der Waals surface area contributed by atoms with Crippen LogP contribution in [-0.4, -0.2) is 86.0 Å². The Labute approximate surface area is 171 Å². The summed E-state index contributed by atoms with van der Waals surface area (Å²) in [6.45, 7) is 8.57. The molecule has 0 aromatic carbocycles. The molecular weight excluding hydrogens is 374 g/mol. The Morgan fingerprint density at radius 2 is 2.00 bits per heavy atom. The van der Waals surface area contributed by atoms with Crippen LogP contribution in [0.15, 0.2) is 16.8 Å². The number of rotatable bonds is 5. The summed E-state index contributed by atoms with van der Waals surface area (Å²) in [4.78, 5) is 32.7. The topological polar surface area (TPSA) is 53.1 Å². The molecule has 28 heavy (non-hydrogen) atoms. The standard InChI is InChI=1S/C21H31N3O3S/c1-3-23-10-7-21(19(23)26)16-22(11-12-27-2)15-20(21)5-8-24(9-6-20)18(25)17-4-13-28-14-17/h4,13-14H,3,5-12,15-16H2,1-2H3/t21-/m0/s1. The Morgan fingerprint density at radius 1 is 1.21 bits per heavy atom. The van der Waals surface area contributed by atoms with Crippen molar-refractivity contribution < 1.29 is 14.3 Å². The molecule has 1 aromatic heterocycles. The summed E-state index contributed by atoms with van der Waals surface area (Å²) in [7, 11) is 1.73. The summed E-state index contributed by atoms with van der Waals surface area (Å²) in [5.41, 5.74) is 0.486. The molecule has 3 saturated heterocycles. The zero-order valence-corrected chi connectivity index (χ0v) is 17.8. The van der Waals surface area contributed by atoms with Gasteiger partial charge in [-0.05, 0) is 37.6 Å². The molecule has 0 radical (unpaired) electrons. The van der Waals surface area contributed by atoms with Crippen LogP contribution in [0.4, 0.5) is 0 Å². The first-order valence-corrected chi connectivity index (χ1v) is 11.3. The van der Waals surface area contributed by atoms with Gasteiger partial charge in [0.05, 0.1) is 17.6 Å². The molecule has 7 heteroatoms. The molecule has 154 valence electrons. The van der Waals surface area contributed by atoms with E-state index in [-0.39, 0.29) is 16.7 Å². The predicted molar refractivity (Wildman–Crippen MR) is 110 cm³/mol. The van der Waals surface area contributed by atoms with Gasteiger partial charge in [-0.3, -0.25) is 14.5 Å². The molecular formula is C21H31N3O3S. The highest BCUT2D eigenvalue weighted by molar-refractivity contribution is 7.08. The highest BCUT2D eigenvalue weighted by Crippen LogP contribution is 2.57. The SMILES string of the molecule is CCN1CC[C@]2(CN(CCOC)CC23CCN(C(=O)c2ccsc2)CC3)C1=O. The van der Waals surface area contributed by atoms with Crippen LogP contribution >= 0.6 is 11.3 Å². The van der Waals surface area contributed by atoms with Gasteiger partial charge in [0.15, 0.2) is 0 Å². The van der Waals surface area contributed by atoms with Crippen molar-refractivity contribution in [2.45, 2.75) is 26.2 Å². The van der Waals surface area contributed by atoms with Crippen LogP contribution in [0, 0.1) is 10.8 Å². The monoisotopic (exact) mass is 405 g/mol. The normalized spacial score (nSPS) is 27.4. The van der Waals surface area contributed by atoms with Crippen LogP contribution < -0.4 is 0 Å². The first-order chi connectivity index (χ1) is 13.5. The fourth-order valence-electron chi connectivity index (χ4n) is 5.68. The lowest BCUT2D eigenvalue weighted by Gasteiger charge is -2.47. The predicted octanol–water partition coefficient (Wildman–Crippen LogP) is 2.17. The number of carbonyl (C=O) groups excluding carboxylic acids is 2. The number of likely N-dealkylation sites (tertiary alicyclic amines) is 3. The Kier molecular flexibility index (Phi) is 5.51. The minimum absolute atomic E-state index is 0.0207. The van der Waals surface area contributed by atoms with Gasteiger partial charge in [-0.2, -0.15) is 11.3 Å². The van der Waals surface area contributed by atoms with Crippen LogP contribution in [0.2, 0.25) is 0 Å². The average molecular weight is 406 g/mol. The molecule has 3 aliphatic heterocycles. The van der Waals surface area contributed by atoms with Crippen molar-refractivity contribution in [2.75, 3.05) is 59.5 Å². The fraction of sp³-hybridized carbons (Fsp3) is 0.714. The Morgan fingerprint density at radius 3 is 2.61 bits per heavy atom. The molecule has 0 unspecified atom stereocenters. The third kappa shape index (κ3) is 3.08. The van der Waals surface area contributed by atoms with E-state index in [9.17, 15) is 9.59 Å². The molecule has 0 saturated carbocycles. The number of nitrogens with zero attached hydrogens (tertiary/aromatic N) is 3. The second-order valence-electron chi connectivity index (χ2n) is 8.50. The lowest BCUT2D eigenvalue weighted by Crippen LogP contribution is -2.53. The molecule has 4 heterocycles. The van der Waals surface area contributed by atoms with E-state index in [2.05, 4.69) is 11.8 Å². The molecule has 2 spiro atoms. The first kappa shape index (κ1) is 19.9. The number of piperidine rings is 1. The molecule has 4 rings (SSSR count). The maximum absolute atomic E-state index is 13.4. The number of fused-ring (bicyclic) bond motifs is 1. The molecule has 0 bridgehead atoms. The maximum atomic E-state index is 13.4. The largest absolute Gasteiger partial charge is 0.383 e. The van der Waals surface area contributed by atoms with Crippen molar-refractivity contribution in [3.8, 4) is 0 Å². The van der Waals surface area contributed by atoms with Gasteiger partial charge in [0.1, 0.15) is 0 Å². The molecule has 0 aliphatic carbocycles. The summed E-state index contributed by atoms with van der Waals surface area (Å²) in [6, 6.07) is 1.90. The van der Waals surface area contributed by atoms with Gasteiger partial charge in [0.2, 0.25) is 5.91 Å². The van der Waals surface area contributed by atoms with Crippen molar-refractivity contribution in [1.29, 1.82) is 0 Å². The molecule has 3 aliphatic rings. The highest BCUT2D eigenvalue weighted by atomic mass is 32.1. The zero-order chi connectivity index (χ0) is 19.8. The van der Waals surface area contributed by atoms with E-state index in [0.717, 1.165) is 70.6 Å². The second-order valence-corrected chi connectivity index (χ2v) is 9.28. The zero-order valence-electron chi connectivity index (χ0n) is 17.0. The minimum atomic E-state index is -0.283. The smallest absolute Gasteiger partial charge is 0.254 e. The van der Waals surface area contributed by atoms with Crippen LogP contribution in [0.1, 0.15) is 36.5 Å². The number of carbonyl (C=O) groups is 2. The van der Waals surface area contributed by atoms with Gasteiger partial charge in [-0.15, -0.1) is 0 Å². The fourth-order valence-corrected chi connectivity index (χ4v) is 6.31. The third-order valence-corrected chi connectivity index (χ3v) is 7.99. The molecule has 6 nitrogen and oxygen atoms in total. The second kappa shape index (κ2) is 7.76. The molecule has 2 amide bonds. The third-order valence-electron chi connectivity index (χ3n) is 7.31. The Hall–Kier alpha value is -1.44. The van der Waals surface area contributed by atoms with Crippen molar-refractivity contribution >= 4 is 23.2 Å². The highest BCUT2D eigenvalue weighted by Gasteiger charge is 2.64. The number of ether oxygens (including phenoxy) is 1.